The minimum Gasteiger partial charge on any atom is -0.384 e. The highest BCUT2D eigenvalue weighted by Crippen LogP contribution is 2.43. The van der Waals surface area contributed by atoms with Crippen LogP contribution < -0.4 is 10.6 Å². The molecule has 0 unspecified atom stereocenters. The topological polar surface area (TPSA) is 50.4 Å². The molecule has 2 fully saturated rings. The van der Waals surface area contributed by atoms with Crippen molar-refractivity contribution in [2.45, 2.75) is 43.9 Å². The third kappa shape index (κ3) is 3.62. The number of hydrogen-bond donors (Lipinski definition) is 2. The molecule has 26 heavy (non-hydrogen) atoms. The zero-order valence-corrected chi connectivity index (χ0v) is 15.4. The molecule has 1 aliphatic carbocycles. The largest absolute Gasteiger partial charge is 0.384 e. The second-order valence-electron chi connectivity index (χ2n) is 7.73. The highest BCUT2D eigenvalue weighted by molar-refractivity contribution is 5.83. The van der Waals surface area contributed by atoms with Crippen molar-refractivity contribution in [1.82, 2.24) is 10.6 Å². The molecule has 1 aromatic carbocycles. The van der Waals surface area contributed by atoms with Crippen molar-refractivity contribution in [1.29, 1.82) is 0 Å². The molecule has 0 bridgehead atoms. The second-order valence-corrected chi connectivity index (χ2v) is 7.73. The van der Waals surface area contributed by atoms with Gasteiger partial charge in [-0.2, -0.15) is 0 Å². The lowest BCUT2D eigenvalue weighted by Gasteiger charge is -2.37. The number of rotatable bonds is 6. The molecule has 2 aliphatic rings. The lowest BCUT2D eigenvalue weighted by Crippen LogP contribution is -2.52. The van der Waals surface area contributed by atoms with E-state index < -0.39 is 22.5 Å². The van der Waals surface area contributed by atoms with Crippen LogP contribution in [-0.2, 0) is 14.9 Å². The van der Waals surface area contributed by atoms with Gasteiger partial charge in [-0.15, -0.1) is 0 Å². The van der Waals surface area contributed by atoms with Crippen LogP contribution in [0.2, 0.25) is 0 Å². The van der Waals surface area contributed by atoms with Gasteiger partial charge in [-0.3, -0.25) is 4.79 Å². The third-order valence-corrected chi connectivity index (χ3v) is 6.10. The lowest BCUT2D eigenvalue weighted by atomic mass is 9.76. The fraction of sp³-hybridized carbons (Fsp3) is 0.650. The average Bonchev–Trinajstić information content (AvgIpc) is 3.10. The third-order valence-electron chi connectivity index (χ3n) is 6.10. The van der Waals surface area contributed by atoms with Crippen LogP contribution in [0.25, 0.3) is 0 Å². The van der Waals surface area contributed by atoms with E-state index in [0.717, 1.165) is 25.9 Å². The Bertz CT molecular complexity index is 613. The molecule has 0 aromatic heterocycles. The molecule has 1 saturated carbocycles. The van der Waals surface area contributed by atoms with E-state index in [2.05, 4.69) is 10.6 Å². The van der Waals surface area contributed by atoms with E-state index >= 15 is 0 Å². The predicted octanol–water partition coefficient (Wildman–Crippen LogP) is 2.91. The maximum Gasteiger partial charge on any atom is 0.228 e. The first-order valence-electron chi connectivity index (χ1n) is 9.46. The summed E-state index contributed by atoms with van der Waals surface area (Å²) < 4.78 is 34.2. The van der Waals surface area contributed by atoms with Crippen LogP contribution >= 0.6 is 0 Å². The summed E-state index contributed by atoms with van der Waals surface area (Å²) in [4.78, 5) is 13.0. The molecule has 0 radical (unpaired) electrons. The Morgan fingerprint density at radius 1 is 1.15 bits per heavy atom. The van der Waals surface area contributed by atoms with Gasteiger partial charge in [-0.1, -0.05) is 18.9 Å². The normalized spacial score (nSPS) is 21.5. The summed E-state index contributed by atoms with van der Waals surface area (Å²) in [7, 11) is 1.60. The Labute approximate surface area is 153 Å². The van der Waals surface area contributed by atoms with Crippen LogP contribution in [0.3, 0.4) is 0 Å². The number of halogens is 2. The first kappa shape index (κ1) is 19.2. The summed E-state index contributed by atoms with van der Waals surface area (Å²) in [5.41, 5.74) is -1.09. The van der Waals surface area contributed by atoms with Crippen molar-refractivity contribution in [3.63, 3.8) is 0 Å². The molecule has 0 atom stereocenters. The predicted molar refractivity (Wildman–Crippen MR) is 95.9 cm³/mol. The highest BCUT2D eigenvalue weighted by atomic mass is 19.1. The van der Waals surface area contributed by atoms with Crippen molar-refractivity contribution in [3.05, 3.63) is 35.4 Å². The number of carbonyl (C=O) groups is 1. The van der Waals surface area contributed by atoms with E-state index in [1.807, 2.05) is 0 Å². The summed E-state index contributed by atoms with van der Waals surface area (Å²) in [6.07, 6.45) is 4.60. The molecule has 1 amide bonds. The van der Waals surface area contributed by atoms with Crippen LogP contribution in [0.5, 0.6) is 0 Å². The first-order chi connectivity index (χ1) is 12.5. The molecular weight excluding hydrogens is 338 g/mol. The lowest BCUT2D eigenvalue weighted by molar-refractivity contribution is -0.136. The average molecular weight is 366 g/mol. The van der Waals surface area contributed by atoms with Gasteiger partial charge >= 0.3 is 0 Å². The molecule has 0 spiro atoms. The number of nitrogens with one attached hydrogen (secondary N) is 2. The van der Waals surface area contributed by atoms with Crippen LogP contribution in [0, 0.1) is 17.0 Å². The summed E-state index contributed by atoms with van der Waals surface area (Å²) in [6.45, 7) is 2.16. The minimum atomic E-state index is -0.660. The molecule has 1 aliphatic heterocycles. The maximum absolute atomic E-state index is 14.4. The van der Waals surface area contributed by atoms with Gasteiger partial charge in [-0.25, -0.2) is 8.78 Å². The molecule has 1 heterocycles. The summed E-state index contributed by atoms with van der Waals surface area (Å²) >= 11 is 0. The number of piperidine rings is 1. The number of amides is 1. The first-order valence-corrected chi connectivity index (χ1v) is 9.46. The monoisotopic (exact) mass is 366 g/mol. The van der Waals surface area contributed by atoms with E-state index in [-0.39, 0.29) is 18.0 Å². The van der Waals surface area contributed by atoms with Gasteiger partial charge in [0.05, 0.1) is 12.0 Å². The van der Waals surface area contributed by atoms with Crippen molar-refractivity contribution < 1.29 is 18.3 Å². The van der Waals surface area contributed by atoms with Crippen molar-refractivity contribution >= 4 is 5.91 Å². The standard InChI is InChI=1S/C20H28F2N2O2/c1-26-14-20(9-11-23-12-10-20)18(25)24-13-19(7-2-3-8-19)17-15(21)5-4-6-16(17)22/h4-6,23H,2-3,7-14H2,1H3,(H,24,25). The number of methoxy groups -OCH3 is 1. The number of carbonyl (C=O) groups excluding carboxylic acids is 1. The number of benzene rings is 1. The van der Waals surface area contributed by atoms with E-state index in [0.29, 0.717) is 32.3 Å². The highest BCUT2D eigenvalue weighted by Gasteiger charge is 2.43. The Morgan fingerprint density at radius 2 is 1.77 bits per heavy atom. The summed E-state index contributed by atoms with van der Waals surface area (Å²) in [6, 6.07) is 4.00. The molecule has 1 saturated heterocycles. The Kier molecular flexibility index (Phi) is 5.92. The SMILES string of the molecule is COCC1(C(=O)NCC2(c3c(F)cccc3F)CCCC2)CCNCC1. The quantitative estimate of drug-likeness (QED) is 0.814. The van der Waals surface area contributed by atoms with Gasteiger partial charge in [0, 0.05) is 24.6 Å². The van der Waals surface area contributed by atoms with Gasteiger partial charge in [-0.05, 0) is 50.9 Å². The van der Waals surface area contributed by atoms with Crippen molar-refractivity contribution in [3.8, 4) is 0 Å². The zero-order valence-electron chi connectivity index (χ0n) is 15.4. The summed E-state index contributed by atoms with van der Waals surface area (Å²) in [5, 5.41) is 6.30. The van der Waals surface area contributed by atoms with Crippen LogP contribution in [0.1, 0.15) is 44.1 Å². The van der Waals surface area contributed by atoms with Crippen LogP contribution in [-0.4, -0.2) is 39.3 Å². The number of ether oxygens (including phenoxy) is 1. The van der Waals surface area contributed by atoms with E-state index in [9.17, 15) is 13.6 Å². The van der Waals surface area contributed by atoms with Gasteiger partial charge in [0.2, 0.25) is 5.91 Å². The van der Waals surface area contributed by atoms with Crippen molar-refractivity contribution in [2.24, 2.45) is 5.41 Å². The van der Waals surface area contributed by atoms with Gasteiger partial charge in [0.1, 0.15) is 11.6 Å². The fourth-order valence-electron chi connectivity index (χ4n) is 4.63. The van der Waals surface area contributed by atoms with Gasteiger partial charge in [0.15, 0.2) is 0 Å². The van der Waals surface area contributed by atoms with Crippen LogP contribution in [0.4, 0.5) is 8.78 Å². The van der Waals surface area contributed by atoms with E-state index in [4.69, 9.17) is 4.74 Å². The number of hydrogen-bond acceptors (Lipinski definition) is 3. The second kappa shape index (κ2) is 8.01. The van der Waals surface area contributed by atoms with Crippen LogP contribution in [0.15, 0.2) is 18.2 Å². The Hall–Kier alpha value is -1.53. The minimum absolute atomic E-state index is 0.0659. The molecule has 1 aromatic rings. The zero-order chi connectivity index (χ0) is 18.6. The Morgan fingerprint density at radius 3 is 2.35 bits per heavy atom. The maximum atomic E-state index is 14.4. The van der Waals surface area contributed by atoms with Gasteiger partial charge in [0.25, 0.3) is 0 Å². The molecule has 4 nitrogen and oxygen atoms in total. The van der Waals surface area contributed by atoms with E-state index in [1.54, 1.807) is 7.11 Å². The van der Waals surface area contributed by atoms with Gasteiger partial charge < -0.3 is 15.4 Å². The summed E-state index contributed by atoms with van der Waals surface area (Å²) in [5.74, 6) is -1.10. The molecule has 3 rings (SSSR count). The Balaban J connectivity index is 1.80. The van der Waals surface area contributed by atoms with Crippen molar-refractivity contribution in [2.75, 3.05) is 33.4 Å². The molecule has 6 heteroatoms. The smallest absolute Gasteiger partial charge is 0.228 e. The van der Waals surface area contributed by atoms with E-state index in [1.165, 1.54) is 18.2 Å². The molecule has 2 N–H and O–H groups in total. The fourth-order valence-corrected chi connectivity index (χ4v) is 4.63. The molecule has 144 valence electrons. The molecular formula is C20H28F2N2O2.